The van der Waals surface area contributed by atoms with Gasteiger partial charge in [-0.1, -0.05) is 0 Å². The topological polar surface area (TPSA) is 111 Å². The number of nitro groups is 1. The van der Waals surface area contributed by atoms with Crippen molar-refractivity contribution in [3.8, 4) is 5.69 Å². The third-order valence-corrected chi connectivity index (χ3v) is 3.49. The van der Waals surface area contributed by atoms with E-state index in [-0.39, 0.29) is 22.6 Å². The smallest absolute Gasteiger partial charge is 0.356 e. The van der Waals surface area contributed by atoms with Crippen LogP contribution in [-0.2, 0) is 0 Å². The molecule has 20 heavy (non-hydrogen) atoms. The fourth-order valence-corrected chi connectivity index (χ4v) is 2.52. The lowest BCUT2D eigenvalue weighted by Crippen LogP contribution is -2.04. The van der Waals surface area contributed by atoms with Crippen molar-refractivity contribution in [1.82, 2.24) is 14.8 Å². The highest BCUT2D eigenvalue weighted by Crippen LogP contribution is 2.32. The molecule has 0 spiro atoms. The van der Waals surface area contributed by atoms with Crippen molar-refractivity contribution in [3.63, 3.8) is 0 Å². The molecule has 0 aliphatic heterocycles. The summed E-state index contributed by atoms with van der Waals surface area (Å²) in [5.41, 5.74) is 1.60. The first-order chi connectivity index (χ1) is 9.58. The number of fused-ring (bicyclic) bond motifs is 1. The molecular weight excluding hydrogens is 284 g/mol. The van der Waals surface area contributed by atoms with Crippen LogP contribution in [0.1, 0.15) is 10.5 Å². The zero-order valence-corrected chi connectivity index (χ0v) is 10.6. The van der Waals surface area contributed by atoms with Gasteiger partial charge in [0.2, 0.25) is 0 Å². The van der Waals surface area contributed by atoms with Gasteiger partial charge in [0, 0.05) is 6.20 Å². The van der Waals surface area contributed by atoms with Crippen molar-refractivity contribution in [2.24, 2.45) is 0 Å². The molecule has 0 atom stereocenters. The summed E-state index contributed by atoms with van der Waals surface area (Å²) in [5.74, 6) is -1.19. The molecule has 0 fully saturated rings. The van der Waals surface area contributed by atoms with Crippen LogP contribution in [0.2, 0.25) is 0 Å². The van der Waals surface area contributed by atoms with E-state index < -0.39 is 10.9 Å². The van der Waals surface area contributed by atoms with E-state index in [1.165, 1.54) is 39.9 Å². The minimum absolute atomic E-state index is 0.181. The monoisotopic (exact) mass is 290 g/mol. The van der Waals surface area contributed by atoms with E-state index in [1.807, 2.05) is 0 Å². The van der Waals surface area contributed by atoms with Crippen molar-refractivity contribution in [2.45, 2.75) is 0 Å². The van der Waals surface area contributed by atoms with Crippen LogP contribution >= 0.6 is 11.3 Å². The molecule has 2 aromatic heterocycles. The minimum Gasteiger partial charge on any atom is -0.476 e. The molecule has 0 aliphatic carbocycles. The van der Waals surface area contributed by atoms with Crippen LogP contribution in [0.25, 0.3) is 15.9 Å². The van der Waals surface area contributed by atoms with Gasteiger partial charge in [0.15, 0.2) is 11.2 Å². The van der Waals surface area contributed by atoms with Gasteiger partial charge in [-0.25, -0.2) is 14.5 Å². The molecule has 9 heteroatoms. The minimum atomic E-state index is -1.19. The standard InChI is InChI=1S/C11H6N4O4S/c16-11(17)6-3-4-14(13-6)7-1-2-8-9(12-5-20-8)10(7)15(18)19/h1-5H,(H,16,17). The molecule has 0 saturated heterocycles. The number of benzene rings is 1. The summed E-state index contributed by atoms with van der Waals surface area (Å²) in [5, 5.41) is 23.9. The predicted molar refractivity (Wildman–Crippen MR) is 70.4 cm³/mol. The highest BCUT2D eigenvalue weighted by molar-refractivity contribution is 7.16. The van der Waals surface area contributed by atoms with Gasteiger partial charge in [-0.05, 0) is 18.2 Å². The molecule has 0 bridgehead atoms. The van der Waals surface area contributed by atoms with E-state index >= 15 is 0 Å². The fraction of sp³-hybridized carbons (Fsp3) is 0. The summed E-state index contributed by atoms with van der Waals surface area (Å²) in [6.07, 6.45) is 1.37. The lowest BCUT2D eigenvalue weighted by Gasteiger charge is -2.03. The molecular formula is C11H6N4O4S. The number of carboxylic acid groups (broad SMARTS) is 1. The molecule has 8 nitrogen and oxygen atoms in total. The number of carbonyl (C=O) groups is 1. The number of rotatable bonds is 3. The van der Waals surface area contributed by atoms with E-state index in [4.69, 9.17) is 5.11 Å². The summed E-state index contributed by atoms with van der Waals surface area (Å²) in [6.45, 7) is 0. The molecule has 1 aromatic carbocycles. The number of aromatic nitrogens is 3. The highest BCUT2D eigenvalue weighted by Gasteiger charge is 2.23. The summed E-state index contributed by atoms with van der Waals surface area (Å²) in [4.78, 5) is 25.5. The van der Waals surface area contributed by atoms with E-state index in [0.29, 0.717) is 4.70 Å². The molecule has 3 rings (SSSR count). The number of thiazole rings is 1. The number of hydrogen-bond donors (Lipinski definition) is 1. The second-order valence-electron chi connectivity index (χ2n) is 3.84. The number of aromatic carboxylic acids is 1. The van der Waals surface area contributed by atoms with Crippen LogP contribution in [0.3, 0.4) is 0 Å². The van der Waals surface area contributed by atoms with E-state index in [2.05, 4.69) is 10.1 Å². The Hall–Kier alpha value is -2.81. The van der Waals surface area contributed by atoms with E-state index in [1.54, 1.807) is 6.07 Å². The van der Waals surface area contributed by atoms with Crippen molar-refractivity contribution in [3.05, 3.63) is 45.7 Å². The average Bonchev–Trinajstić information content (AvgIpc) is 3.05. The fourth-order valence-electron chi connectivity index (χ4n) is 1.84. The third-order valence-electron chi connectivity index (χ3n) is 2.69. The van der Waals surface area contributed by atoms with Gasteiger partial charge in [0.25, 0.3) is 0 Å². The first kappa shape index (κ1) is 12.2. The van der Waals surface area contributed by atoms with Gasteiger partial charge in [-0.15, -0.1) is 11.3 Å². The Labute approximate surface area is 115 Å². The molecule has 0 aliphatic rings. The molecule has 1 N–H and O–H groups in total. The number of nitrogens with zero attached hydrogens (tertiary/aromatic N) is 4. The third kappa shape index (κ3) is 1.80. The van der Waals surface area contributed by atoms with Crippen LogP contribution in [-0.4, -0.2) is 30.8 Å². The Balaban J connectivity index is 2.26. The second kappa shape index (κ2) is 4.38. The maximum absolute atomic E-state index is 11.3. The Kier molecular flexibility index (Phi) is 2.68. The lowest BCUT2D eigenvalue weighted by molar-refractivity contribution is -0.383. The molecule has 3 aromatic rings. The second-order valence-corrected chi connectivity index (χ2v) is 4.73. The maximum atomic E-state index is 11.3. The summed E-state index contributed by atoms with van der Waals surface area (Å²) in [6, 6.07) is 4.49. The van der Waals surface area contributed by atoms with Gasteiger partial charge in [-0.3, -0.25) is 10.1 Å². The Morgan fingerprint density at radius 2 is 2.20 bits per heavy atom. The number of hydrogen-bond acceptors (Lipinski definition) is 6. The Morgan fingerprint density at radius 1 is 1.40 bits per heavy atom. The zero-order valence-electron chi connectivity index (χ0n) is 9.76. The first-order valence-electron chi connectivity index (χ1n) is 5.38. The lowest BCUT2D eigenvalue weighted by atomic mass is 10.2. The highest BCUT2D eigenvalue weighted by atomic mass is 32.1. The quantitative estimate of drug-likeness (QED) is 0.584. The van der Waals surface area contributed by atoms with Crippen molar-refractivity contribution in [2.75, 3.05) is 0 Å². The number of carboxylic acids is 1. The molecule has 0 radical (unpaired) electrons. The van der Waals surface area contributed by atoms with Crippen molar-refractivity contribution in [1.29, 1.82) is 0 Å². The van der Waals surface area contributed by atoms with Crippen LogP contribution < -0.4 is 0 Å². The maximum Gasteiger partial charge on any atom is 0.356 e. The van der Waals surface area contributed by atoms with Crippen LogP contribution in [0, 0.1) is 10.1 Å². The predicted octanol–water partition coefficient (Wildman–Crippen LogP) is 2.09. The van der Waals surface area contributed by atoms with Gasteiger partial charge < -0.3 is 5.11 Å². The average molecular weight is 290 g/mol. The molecule has 2 heterocycles. The molecule has 0 unspecified atom stereocenters. The van der Waals surface area contributed by atoms with E-state index in [9.17, 15) is 14.9 Å². The molecule has 0 amide bonds. The first-order valence-corrected chi connectivity index (χ1v) is 6.26. The van der Waals surface area contributed by atoms with Crippen molar-refractivity contribution >= 4 is 33.2 Å². The zero-order chi connectivity index (χ0) is 14.3. The largest absolute Gasteiger partial charge is 0.476 e. The normalized spacial score (nSPS) is 10.8. The van der Waals surface area contributed by atoms with Crippen LogP contribution in [0.5, 0.6) is 0 Å². The molecule has 100 valence electrons. The van der Waals surface area contributed by atoms with Crippen molar-refractivity contribution < 1.29 is 14.8 Å². The van der Waals surface area contributed by atoms with Crippen LogP contribution in [0.4, 0.5) is 5.69 Å². The van der Waals surface area contributed by atoms with Gasteiger partial charge >= 0.3 is 11.7 Å². The molecule has 0 saturated carbocycles. The summed E-state index contributed by atoms with van der Waals surface area (Å²) >= 11 is 1.29. The van der Waals surface area contributed by atoms with Gasteiger partial charge in [0.1, 0.15) is 5.69 Å². The Bertz CT molecular complexity index is 838. The van der Waals surface area contributed by atoms with E-state index in [0.717, 1.165) is 0 Å². The summed E-state index contributed by atoms with van der Waals surface area (Å²) < 4.78 is 1.85. The van der Waals surface area contributed by atoms with Gasteiger partial charge in [0.05, 0.1) is 15.1 Å². The Morgan fingerprint density at radius 3 is 2.85 bits per heavy atom. The summed E-state index contributed by atoms with van der Waals surface area (Å²) in [7, 11) is 0. The van der Waals surface area contributed by atoms with Gasteiger partial charge in [-0.2, -0.15) is 5.10 Å². The number of nitro benzene ring substituents is 1. The van der Waals surface area contributed by atoms with Crippen LogP contribution in [0.15, 0.2) is 29.9 Å². The SMILES string of the molecule is O=C(O)c1ccn(-c2ccc3scnc3c2[N+](=O)[O-])n1.